The molecule has 1 saturated carbocycles. The van der Waals surface area contributed by atoms with Gasteiger partial charge < -0.3 is 4.90 Å². The van der Waals surface area contributed by atoms with Crippen LogP contribution < -0.4 is 0 Å². The first-order valence-electron chi connectivity index (χ1n) is 8.99. The summed E-state index contributed by atoms with van der Waals surface area (Å²) in [5, 5.41) is 18.6. The molecule has 0 spiro atoms. The van der Waals surface area contributed by atoms with Gasteiger partial charge in [0.25, 0.3) is 0 Å². The van der Waals surface area contributed by atoms with Crippen LogP contribution in [0.25, 0.3) is 0 Å². The molecule has 128 valence electrons. The van der Waals surface area contributed by atoms with Gasteiger partial charge in [-0.3, -0.25) is 4.79 Å². The predicted octanol–water partition coefficient (Wildman–Crippen LogP) is 2.39. The number of carbonyl (C=O) groups is 1. The van der Waals surface area contributed by atoms with E-state index >= 15 is 0 Å². The molecule has 0 aromatic carbocycles. The molecule has 3 aliphatic rings. The average Bonchev–Trinajstić information content (AvgIpc) is 3.02. The number of piperidine rings is 1. The van der Waals surface area contributed by atoms with Gasteiger partial charge in [0, 0.05) is 19.0 Å². The maximum atomic E-state index is 13.6. The van der Waals surface area contributed by atoms with Gasteiger partial charge in [0.15, 0.2) is 11.4 Å². The molecule has 0 radical (unpaired) electrons. The lowest BCUT2D eigenvalue weighted by Crippen LogP contribution is -2.52. The molecule has 2 unspecified atom stereocenters. The summed E-state index contributed by atoms with van der Waals surface area (Å²) in [4.78, 5) is 24.6. The molecule has 1 amide bonds. The minimum atomic E-state index is -0.711. The van der Waals surface area contributed by atoms with Crippen molar-refractivity contribution in [3.63, 3.8) is 0 Å². The van der Waals surface area contributed by atoms with E-state index in [1.165, 1.54) is 6.42 Å². The molecule has 0 N–H and O–H groups in total. The zero-order valence-corrected chi connectivity index (χ0v) is 14.7. The van der Waals surface area contributed by atoms with Crippen molar-refractivity contribution in [2.75, 3.05) is 13.1 Å². The Morgan fingerprint density at radius 3 is 2.40 bits per heavy atom. The molecule has 2 bridgehead atoms. The lowest BCUT2D eigenvalue weighted by atomic mass is 9.67. The molecular weight excluding hydrogens is 314 g/mol. The van der Waals surface area contributed by atoms with Crippen molar-refractivity contribution in [3.05, 3.63) is 22.8 Å². The Morgan fingerprint density at radius 1 is 1.12 bits per heavy atom. The van der Waals surface area contributed by atoms with Crippen LogP contribution in [-0.4, -0.2) is 33.9 Å². The van der Waals surface area contributed by atoms with Gasteiger partial charge in [-0.1, -0.05) is 13.8 Å². The molecule has 2 fully saturated rings. The van der Waals surface area contributed by atoms with E-state index in [-0.39, 0.29) is 28.6 Å². The molecule has 1 aromatic rings. The maximum absolute atomic E-state index is 13.6. The van der Waals surface area contributed by atoms with Crippen LogP contribution in [0.3, 0.4) is 0 Å². The van der Waals surface area contributed by atoms with Crippen molar-refractivity contribution in [2.24, 2.45) is 5.41 Å². The number of nitriles is 2. The summed E-state index contributed by atoms with van der Waals surface area (Å²) in [6.07, 6.45) is 4.88. The van der Waals surface area contributed by atoms with Gasteiger partial charge in [0.2, 0.25) is 5.91 Å². The second-order valence-corrected chi connectivity index (χ2v) is 7.95. The lowest BCUT2D eigenvalue weighted by Gasteiger charge is -2.41. The van der Waals surface area contributed by atoms with E-state index in [4.69, 9.17) is 0 Å². The highest BCUT2D eigenvalue weighted by Gasteiger charge is 2.68. The Bertz CT molecular complexity index is 841. The minimum Gasteiger partial charge on any atom is -0.342 e. The maximum Gasteiger partial charge on any atom is 0.235 e. The summed E-state index contributed by atoms with van der Waals surface area (Å²) in [7, 11) is 0. The molecule has 4 rings (SSSR count). The van der Waals surface area contributed by atoms with E-state index in [1.54, 1.807) is 0 Å². The summed E-state index contributed by atoms with van der Waals surface area (Å²) in [5.41, 5.74) is 0.513. The molecule has 25 heavy (non-hydrogen) atoms. The monoisotopic (exact) mass is 335 g/mol. The molecule has 6 nitrogen and oxygen atoms in total. The number of aromatic nitrogens is 2. The van der Waals surface area contributed by atoms with Gasteiger partial charge in [-0.15, -0.1) is 0 Å². The first kappa shape index (κ1) is 16.0. The highest BCUT2D eigenvalue weighted by molar-refractivity contribution is 5.91. The first-order chi connectivity index (χ1) is 12.0. The van der Waals surface area contributed by atoms with Gasteiger partial charge in [-0.05, 0) is 37.5 Å². The normalized spacial score (nSPS) is 29.0. The molecule has 2 aliphatic carbocycles. The topological polar surface area (TPSA) is 93.7 Å². The quantitative estimate of drug-likeness (QED) is 0.785. The fourth-order valence-corrected chi connectivity index (χ4v) is 5.26. The van der Waals surface area contributed by atoms with E-state index in [0.29, 0.717) is 5.69 Å². The highest BCUT2D eigenvalue weighted by Crippen LogP contribution is 2.67. The van der Waals surface area contributed by atoms with E-state index < -0.39 is 5.41 Å². The third-order valence-electron chi connectivity index (χ3n) is 6.66. The van der Waals surface area contributed by atoms with Crippen LogP contribution in [0.15, 0.2) is 0 Å². The van der Waals surface area contributed by atoms with Gasteiger partial charge in [0.1, 0.15) is 12.1 Å². The third kappa shape index (κ3) is 1.86. The van der Waals surface area contributed by atoms with Crippen LogP contribution >= 0.6 is 0 Å². The van der Waals surface area contributed by atoms with Gasteiger partial charge in [-0.25, -0.2) is 9.97 Å². The summed E-state index contributed by atoms with van der Waals surface area (Å²) in [6, 6.07) is 3.95. The second kappa shape index (κ2) is 5.26. The van der Waals surface area contributed by atoms with Crippen LogP contribution in [0, 0.1) is 28.1 Å². The van der Waals surface area contributed by atoms with Crippen LogP contribution in [-0.2, 0) is 10.2 Å². The second-order valence-electron chi connectivity index (χ2n) is 7.95. The Morgan fingerprint density at radius 2 is 1.76 bits per heavy atom. The fourth-order valence-electron chi connectivity index (χ4n) is 5.26. The van der Waals surface area contributed by atoms with Crippen LogP contribution in [0.4, 0.5) is 0 Å². The molecule has 2 atom stereocenters. The number of likely N-dealkylation sites (tertiary alicyclic amines) is 1. The van der Waals surface area contributed by atoms with Crippen molar-refractivity contribution in [3.8, 4) is 12.1 Å². The number of rotatable bonds is 1. The SMILES string of the molecule is CC1(C)C2CCC1(C(=O)N1CCCCC1)c1nc(C#N)c(C#N)nc12. The molecule has 1 aliphatic heterocycles. The van der Waals surface area contributed by atoms with Crippen molar-refractivity contribution in [1.29, 1.82) is 10.5 Å². The number of fused-ring (bicyclic) bond motifs is 5. The van der Waals surface area contributed by atoms with Crippen molar-refractivity contribution >= 4 is 5.91 Å². The smallest absolute Gasteiger partial charge is 0.235 e. The highest BCUT2D eigenvalue weighted by atomic mass is 16.2. The van der Waals surface area contributed by atoms with E-state index in [9.17, 15) is 15.3 Å². The van der Waals surface area contributed by atoms with Crippen LogP contribution in [0.2, 0.25) is 0 Å². The zero-order valence-electron chi connectivity index (χ0n) is 14.7. The van der Waals surface area contributed by atoms with Crippen LogP contribution in [0.1, 0.15) is 74.6 Å². The largest absolute Gasteiger partial charge is 0.342 e. The number of hydrogen-bond donors (Lipinski definition) is 0. The minimum absolute atomic E-state index is 0.0374. The Hall–Kier alpha value is -2.47. The molecule has 2 heterocycles. The van der Waals surface area contributed by atoms with Gasteiger partial charge in [-0.2, -0.15) is 10.5 Å². The summed E-state index contributed by atoms with van der Waals surface area (Å²) >= 11 is 0. The standard InChI is InChI=1S/C19H21N5O/c1-18(2)12-6-7-19(18,17(25)24-8-4-3-5-9-24)16-15(12)22-13(10-20)14(11-21)23-16/h12H,3-9H2,1-2H3. The summed E-state index contributed by atoms with van der Waals surface area (Å²) in [5.74, 6) is 0.255. The number of hydrogen-bond acceptors (Lipinski definition) is 5. The average molecular weight is 335 g/mol. The lowest BCUT2D eigenvalue weighted by molar-refractivity contribution is -0.142. The van der Waals surface area contributed by atoms with E-state index in [0.717, 1.165) is 44.5 Å². The first-order valence-corrected chi connectivity index (χ1v) is 8.99. The molecule has 6 heteroatoms. The van der Waals surface area contributed by atoms with Crippen molar-refractivity contribution in [2.45, 2.75) is 57.3 Å². The van der Waals surface area contributed by atoms with E-state index in [1.807, 2.05) is 17.0 Å². The Labute approximate surface area is 147 Å². The van der Waals surface area contributed by atoms with Gasteiger partial charge in [0.05, 0.1) is 16.8 Å². The molecule has 1 aromatic heterocycles. The van der Waals surface area contributed by atoms with Crippen molar-refractivity contribution < 1.29 is 4.79 Å². The van der Waals surface area contributed by atoms with Gasteiger partial charge >= 0.3 is 0 Å². The molecule has 1 saturated heterocycles. The zero-order chi connectivity index (χ0) is 17.8. The third-order valence-corrected chi connectivity index (χ3v) is 6.66. The number of nitrogens with zero attached hydrogens (tertiary/aromatic N) is 5. The number of amides is 1. The Kier molecular flexibility index (Phi) is 3.37. The van der Waals surface area contributed by atoms with Crippen molar-refractivity contribution in [1.82, 2.24) is 14.9 Å². The fraction of sp³-hybridized carbons (Fsp3) is 0.632. The summed E-state index contributed by atoms with van der Waals surface area (Å²) in [6.45, 7) is 5.83. The summed E-state index contributed by atoms with van der Waals surface area (Å²) < 4.78 is 0. The van der Waals surface area contributed by atoms with E-state index in [2.05, 4.69) is 23.8 Å². The number of carbonyl (C=O) groups excluding carboxylic acids is 1. The van der Waals surface area contributed by atoms with Crippen LogP contribution in [0.5, 0.6) is 0 Å². The Balaban J connectivity index is 1.90. The predicted molar refractivity (Wildman–Crippen MR) is 89.3 cm³/mol. The molecular formula is C19H21N5O.